The number of rotatable bonds is 3. The van der Waals surface area contributed by atoms with Gasteiger partial charge in [0.25, 0.3) is 5.56 Å². The van der Waals surface area contributed by atoms with Gasteiger partial charge in [-0.1, -0.05) is 24.3 Å². The van der Waals surface area contributed by atoms with Crippen molar-refractivity contribution in [1.29, 1.82) is 0 Å². The first-order chi connectivity index (χ1) is 13.0. The highest BCUT2D eigenvalue weighted by Gasteiger charge is 2.42. The summed E-state index contributed by atoms with van der Waals surface area (Å²) in [6.45, 7) is 3.75. The van der Waals surface area contributed by atoms with E-state index in [1.807, 2.05) is 63.4 Å². The molecular formula is C20H20N4O2S. The lowest BCUT2D eigenvalue weighted by atomic mass is 10.2. The summed E-state index contributed by atoms with van der Waals surface area (Å²) in [4.78, 5) is 32.2. The van der Waals surface area contributed by atoms with Gasteiger partial charge in [-0.15, -0.1) is 11.8 Å². The number of anilines is 1. The van der Waals surface area contributed by atoms with Crippen LogP contribution >= 0.6 is 11.8 Å². The molecular weight excluding hydrogens is 360 g/mol. The fourth-order valence-corrected chi connectivity index (χ4v) is 4.68. The number of para-hydroxylation sites is 1. The molecule has 3 heterocycles. The van der Waals surface area contributed by atoms with Gasteiger partial charge in [0.15, 0.2) is 0 Å². The van der Waals surface area contributed by atoms with Crippen LogP contribution in [0.15, 0.2) is 59.7 Å². The Hall–Kier alpha value is -2.80. The topological polar surface area (TPSA) is 60.1 Å². The summed E-state index contributed by atoms with van der Waals surface area (Å²) in [7, 11) is 1.84. The molecule has 7 heteroatoms. The highest BCUT2D eigenvalue weighted by molar-refractivity contribution is 8.01. The second kappa shape index (κ2) is 6.74. The van der Waals surface area contributed by atoms with E-state index in [1.165, 1.54) is 11.8 Å². The van der Waals surface area contributed by atoms with Crippen LogP contribution in [0.3, 0.4) is 0 Å². The normalized spacial score (nSPS) is 19.7. The molecule has 0 radical (unpaired) electrons. The van der Waals surface area contributed by atoms with Crippen LogP contribution in [0, 0.1) is 6.92 Å². The number of amides is 1. The van der Waals surface area contributed by atoms with Crippen molar-refractivity contribution < 1.29 is 4.79 Å². The summed E-state index contributed by atoms with van der Waals surface area (Å²) in [6, 6.07) is 13.2. The van der Waals surface area contributed by atoms with Crippen LogP contribution in [0.4, 0.5) is 5.69 Å². The molecule has 4 rings (SSSR count). The molecule has 138 valence electrons. The quantitative estimate of drug-likeness (QED) is 0.701. The van der Waals surface area contributed by atoms with Crippen LogP contribution in [0.25, 0.3) is 5.69 Å². The highest BCUT2D eigenvalue weighted by Crippen LogP contribution is 2.45. The third-order valence-corrected chi connectivity index (χ3v) is 6.24. The van der Waals surface area contributed by atoms with Gasteiger partial charge in [0.05, 0.1) is 16.6 Å². The van der Waals surface area contributed by atoms with E-state index >= 15 is 0 Å². The second-order valence-corrected chi connectivity index (χ2v) is 7.96. The van der Waals surface area contributed by atoms with Gasteiger partial charge < -0.3 is 0 Å². The smallest absolute Gasteiger partial charge is 0.288 e. The molecule has 0 spiro atoms. The molecule has 0 N–H and O–H groups in total. The molecule has 0 bridgehead atoms. The van der Waals surface area contributed by atoms with Crippen molar-refractivity contribution in [3.8, 4) is 5.69 Å². The van der Waals surface area contributed by atoms with Crippen molar-refractivity contribution in [2.24, 2.45) is 7.05 Å². The van der Waals surface area contributed by atoms with Gasteiger partial charge in [0, 0.05) is 25.0 Å². The van der Waals surface area contributed by atoms with Crippen LogP contribution in [0.5, 0.6) is 0 Å². The lowest BCUT2D eigenvalue weighted by Crippen LogP contribution is -2.34. The average molecular weight is 380 g/mol. The number of pyridine rings is 1. The van der Waals surface area contributed by atoms with Gasteiger partial charge in [0.1, 0.15) is 11.1 Å². The zero-order valence-corrected chi connectivity index (χ0v) is 16.2. The third kappa shape index (κ3) is 2.78. The SMILES string of the molecule is Cc1c(N2C(=O)C(C)SC2c2cccnc2)c(=O)n(-c2ccccc2)n1C. The average Bonchev–Trinajstić information content (AvgIpc) is 3.10. The molecule has 2 aromatic heterocycles. The number of benzene rings is 1. The van der Waals surface area contributed by atoms with E-state index in [4.69, 9.17) is 0 Å². The number of hydrogen-bond donors (Lipinski definition) is 0. The Kier molecular flexibility index (Phi) is 4.39. The predicted octanol–water partition coefficient (Wildman–Crippen LogP) is 3.05. The van der Waals surface area contributed by atoms with Crippen molar-refractivity contribution in [3.63, 3.8) is 0 Å². The maximum absolute atomic E-state index is 13.4. The standard InChI is InChI=1S/C20H20N4O2S/c1-13-17(19(26)24(22(13)3)16-9-5-4-6-10-16)23-18(25)14(2)27-20(23)15-8-7-11-21-12-15/h4-12,14,20H,1-3H3. The van der Waals surface area contributed by atoms with Gasteiger partial charge in [-0.3, -0.25) is 24.2 Å². The molecule has 1 aliphatic heterocycles. The number of carbonyl (C=O) groups excluding carboxylic acids is 1. The van der Waals surface area contributed by atoms with Crippen LogP contribution in [-0.2, 0) is 11.8 Å². The molecule has 1 aliphatic rings. The lowest BCUT2D eigenvalue weighted by molar-refractivity contribution is -0.117. The van der Waals surface area contributed by atoms with Crippen LogP contribution in [0.2, 0.25) is 0 Å². The first kappa shape index (κ1) is 17.6. The first-order valence-electron chi connectivity index (χ1n) is 8.73. The Morgan fingerprint density at radius 3 is 2.48 bits per heavy atom. The zero-order valence-electron chi connectivity index (χ0n) is 15.4. The number of nitrogens with zero attached hydrogens (tertiary/aromatic N) is 4. The van der Waals surface area contributed by atoms with Crippen molar-refractivity contribution in [2.75, 3.05) is 4.90 Å². The number of hydrogen-bond acceptors (Lipinski definition) is 4. The van der Waals surface area contributed by atoms with Crippen molar-refractivity contribution in [3.05, 3.63) is 76.5 Å². The molecule has 0 aliphatic carbocycles. The summed E-state index contributed by atoms with van der Waals surface area (Å²) in [5.74, 6) is -0.0557. The summed E-state index contributed by atoms with van der Waals surface area (Å²) < 4.78 is 3.40. The van der Waals surface area contributed by atoms with Crippen molar-refractivity contribution in [2.45, 2.75) is 24.5 Å². The summed E-state index contributed by atoms with van der Waals surface area (Å²) >= 11 is 1.54. The Balaban J connectivity index is 1.90. The Morgan fingerprint density at radius 1 is 1.07 bits per heavy atom. The minimum atomic E-state index is -0.265. The Morgan fingerprint density at radius 2 is 1.81 bits per heavy atom. The molecule has 0 saturated carbocycles. The van der Waals surface area contributed by atoms with E-state index in [0.717, 1.165) is 16.9 Å². The predicted molar refractivity (Wildman–Crippen MR) is 107 cm³/mol. The Labute approximate surface area is 161 Å². The second-order valence-electron chi connectivity index (χ2n) is 6.54. The molecule has 1 fully saturated rings. The maximum Gasteiger partial charge on any atom is 0.295 e. The summed E-state index contributed by atoms with van der Waals surface area (Å²) in [6.07, 6.45) is 3.46. The Bertz CT molecular complexity index is 1040. The molecule has 1 saturated heterocycles. The molecule has 6 nitrogen and oxygen atoms in total. The van der Waals surface area contributed by atoms with E-state index in [-0.39, 0.29) is 22.1 Å². The van der Waals surface area contributed by atoms with Gasteiger partial charge in [-0.05, 0) is 32.0 Å². The molecule has 1 aromatic carbocycles. The van der Waals surface area contributed by atoms with Crippen molar-refractivity contribution >= 4 is 23.4 Å². The van der Waals surface area contributed by atoms with E-state index in [9.17, 15) is 9.59 Å². The van der Waals surface area contributed by atoms with Gasteiger partial charge >= 0.3 is 0 Å². The highest BCUT2D eigenvalue weighted by atomic mass is 32.2. The zero-order chi connectivity index (χ0) is 19.1. The summed E-state index contributed by atoms with van der Waals surface area (Å²) in [5.41, 5.74) is 2.66. The minimum Gasteiger partial charge on any atom is -0.288 e. The first-order valence-corrected chi connectivity index (χ1v) is 9.67. The number of aromatic nitrogens is 3. The summed E-state index contributed by atoms with van der Waals surface area (Å²) in [5, 5.41) is -0.487. The molecule has 3 aromatic rings. The van der Waals surface area contributed by atoms with Crippen LogP contribution in [0.1, 0.15) is 23.6 Å². The van der Waals surface area contributed by atoms with E-state index < -0.39 is 0 Å². The van der Waals surface area contributed by atoms with E-state index in [2.05, 4.69) is 4.98 Å². The van der Waals surface area contributed by atoms with Gasteiger partial charge in [0.2, 0.25) is 5.91 Å². The van der Waals surface area contributed by atoms with E-state index in [1.54, 1.807) is 26.7 Å². The van der Waals surface area contributed by atoms with Crippen LogP contribution in [-0.4, -0.2) is 25.5 Å². The third-order valence-electron chi connectivity index (χ3n) is 4.89. The molecule has 2 atom stereocenters. The minimum absolute atomic E-state index is 0.0557. The molecule has 27 heavy (non-hydrogen) atoms. The molecule has 1 amide bonds. The van der Waals surface area contributed by atoms with Gasteiger partial charge in [-0.2, -0.15) is 0 Å². The van der Waals surface area contributed by atoms with Gasteiger partial charge in [-0.25, -0.2) is 4.68 Å². The van der Waals surface area contributed by atoms with Crippen molar-refractivity contribution in [1.82, 2.24) is 14.3 Å². The largest absolute Gasteiger partial charge is 0.295 e. The maximum atomic E-state index is 13.4. The number of carbonyl (C=O) groups is 1. The molecule has 2 unspecified atom stereocenters. The van der Waals surface area contributed by atoms with Crippen LogP contribution < -0.4 is 10.5 Å². The number of thioether (sulfide) groups is 1. The van der Waals surface area contributed by atoms with E-state index in [0.29, 0.717) is 5.69 Å². The fourth-order valence-electron chi connectivity index (χ4n) is 3.43. The monoisotopic (exact) mass is 380 g/mol. The fraction of sp³-hybridized carbons (Fsp3) is 0.250. The lowest BCUT2D eigenvalue weighted by Gasteiger charge is -2.22.